The molecule has 258 valence electrons. The van der Waals surface area contributed by atoms with Crippen molar-refractivity contribution >= 4 is 45.8 Å². The summed E-state index contributed by atoms with van der Waals surface area (Å²) in [5.41, 5.74) is 12.9. The number of carbonyl (C=O) groups is 2. The minimum atomic E-state index is -1.44. The van der Waals surface area contributed by atoms with Crippen LogP contribution in [-0.2, 0) is 19.1 Å². The molecule has 2 saturated heterocycles. The molecule has 2 bridgehead atoms. The third-order valence-electron chi connectivity index (χ3n) is 8.58. The Bertz CT molecular complexity index is 1960. The predicted molar refractivity (Wildman–Crippen MR) is 165 cm³/mol. The van der Waals surface area contributed by atoms with Crippen molar-refractivity contribution < 1.29 is 39.5 Å². The molecule has 4 aromatic heterocycles. The van der Waals surface area contributed by atoms with Crippen LogP contribution in [0.1, 0.15) is 24.7 Å². The van der Waals surface area contributed by atoms with E-state index in [1.165, 1.54) is 28.1 Å². The van der Waals surface area contributed by atoms with Gasteiger partial charge in [0.25, 0.3) is 0 Å². The zero-order valence-corrected chi connectivity index (χ0v) is 25.7. The maximum absolute atomic E-state index is 13.0. The summed E-state index contributed by atoms with van der Waals surface area (Å²) in [5, 5.41) is 49.1. The minimum absolute atomic E-state index is 0.00798. The highest BCUT2D eigenvalue weighted by atomic mass is 16.6. The van der Waals surface area contributed by atoms with Gasteiger partial charge in [0.05, 0.1) is 19.4 Å². The van der Waals surface area contributed by atoms with E-state index >= 15 is 0 Å². The van der Waals surface area contributed by atoms with Gasteiger partial charge in [-0.25, -0.2) is 29.9 Å². The van der Waals surface area contributed by atoms with Crippen molar-refractivity contribution in [3.05, 3.63) is 24.8 Å². The Balaban J connectivity index is 1.19. The molecule has 7 heterocycles. The second-order valence-electron chi connectivity index (χ2n) is 11.8. The summed E-state index contributed by atoms with van der Waals surface area (Å²) in [6.07, 6.45) is -6.09. The van der Waals surface area contributed by atoms with Crippen molar-refractivity contribution in [1.82, 2.24) is 54.6 Å². The maximum Gasteiger partial charge on any atom is 0.234 e. The van der Waals surface area contributed by atoms with Gasteiger partial charge in [0, 0.05) is 26.1 Å². The lowest BCUT2D eigenvalue weighted by molar-refractivity contribution is -0.123. The van der Waals surface area contributed by atoms with Crippen LogP contribution in [-0.4, -0.2) is 146 Å². The van der Waals surface area contributed by atoms with E-state index in [-0.39, 0.29) is 67.8 Å². The second-order valence-corrected chi connectivity index (χ2v) is 11.8. The van der Waals surface area contributed by atoms with Gasteiger partial charge in [-0.1, -0.05) is 5.92 Å². The molecule has 0 unspecified atom stereocenters. The molecule has 2 amide bonds. The number of aliphatic hydroxyl groups is 4. The second kappa shape index (κ2) is 13.1. The number of nitrogens with one attached hydrogen (secondary N) is 2. The smallest absolute Gasteiger partial charge is 0.234 e. The lowest BCUT2D eigenvalue weighted by Crippen LogP contribution is -2.45. The van der Waals surface area contributed by atoms with Crippen molar-refractivity contribution in [3.8, 4) is 11.8 Å². The number of anilines is 2. The van der Waals surface area contributed by atoms with Crippen LogP contribution in [0, 0.1) is 11.8 Å². The summed E-state index contributed by atoms with van der Waals surface area (Å²) in [7, 11) is 0. The van der Waals surface area contributed by atoms with E-state index in [4.69, 9.17) is 20.9 Å². The summed E-state index contributed by atoms with van der Waals surface area (Å²) < 4.78 is 14.9. The fourth-order valence-electron chi connectivity index (χ4n) is 6.08. The van der Waals surface area contributed by atoms with Gasteiger partial charge in [0.2, 0.25) is 11.8 Å². The number of rotatable bonds is 3. The fraction of sp³-hybridized carbons (Fsp3) is 0.500. The van der Waals surface area contributed by atoms with Crippen molar-refractivity contribution in [3.63, 3.8) is 0 Å². The number of fused-ring (bicyclic) bond motifs is 7. The number of hydrogen-bond donors (Lipinski definition) is 8. The van der Waals surface area contributed by atoms with Gasteiger partial charge in [-0.15, -0.1) is 0 Å². The van der Waals surface area contributed by atoms with E-state index in [1.54, 1.807) is 4.90 Å². The van der Waals surface area contributed by atoms with Gasteiger partial charge in [-0.2, -0.15) is 0 Å². The van der Waals surface area contributed by atoms with E-state index in [9.17, 15) is 30.0 Å². The highest BCUT2D eigenvalue weighted by Crippen LogP contribution is 2.34. The summed E-state index contributed by atoms with van der Waals surface area (Å²) >= 11 is 0. The van der Waals surface area contributed by atoms with Crippen LogP contribution >= 0.6 is 0 Å². The molecule has 0 aliphatic carbocycles. The topological polar surface area (TPSA) is 300 Å². The van der Waals surface area contributed by atoms with Crippen LogP contribution in [0.5, 0.6) is 0 Å². The zero-order valence-electron chi connectivity index (χ0n) is 25.7. The lowest BCUT2D eigenvalue weighted by Gasteiger charge is -2.24. The van der Waals surface area contributed by atoms with Crippen LogP contribution in [0.25, 0.3) is 22.3 Å². The average molecular weight is 680 g/mol. The molecule has 8 atom stereocenters. The molecular weight excluding hydrogens is 646 g/mol. The number of nitrogens with two attached hydrogens (primary N) is 2. The quantitative estimate of drug-likeness (QED) is 0.0944. The normalized spacial score (nSPS) is 30.0. The number of aromatic nitrogens is 8. The first-order valence-corrected chi connectivity index (χ1v) is 15.3. The van der Waals surface area contributed by atoms with Crippen molar-refractivity contribution in [1.29, 1.82) is 0 Å². The predicted octanol–water partition coefficient (Wildman–Crippen LogP) is -4.64. The molecule has 21 nitrogen and oxygen atoms in total. The summed E-state index contributed by atoms with van der Waals surface area (Å²) in [5.74, 6) is 5.27. The standard InChI is InChI=1S/C28H33N13O8/c29-23-17-25(35-9-33-23)40(11-37-17)27-21(46)20(45)13(49-27)7-39-5-1-2-14-38-18-24(30)34-10-36-26(18)41(14)28-22(47)19(44)12(48-28)6-32-15(42)3-4-31-16(43)8-39/h9-13,19-22,27-28,44-47H,3-8H2,(H,31,43)(H,32,42)(H2,29,33,35)(H2,30,34,36)/t12-,13-,19-,20-,21-,22-,27-,28-/m1/s1. The van der Waals surface area contributed by atoms with E-state index < -0.39 is 60.9 Å². The molecular formula is C28H33N13O8. The van der Waals surface area contributed by atoms with Gasteiger partial charge in [0.1, 0.15) is 54.8 Å². The first kappa shape index (κ1) is 32.5. The molecule has 2 fully saturated rings. The molecule has 21 heteroatoms. The Hall–Kier alpha value is -5.08. The monoisotopic (exact) mass is 679 g/mol. The minimum Gasteiger partial charge on any atom is -0.387 e. The van der Waals surface area contributed by atoms with Crippen molar-refractivity contribution in [2.45, 2.75) is 55.5 Å². The number of hydrogen-bond acceptors (Lipinski definition) is 17. The molecule has 0 saturated carbocycles. The Morgan fingerprint density at radius 1 is 0.857 bits per heavy atom. The third-order valence-corrected chi connectivity index (χ3v) is 8.58. The van der Waals surface area contributed by atoms with Gasteiger partial charge >= 0.3 is 0 Å². The molecule has 3 aliphatic heterocycles. The number of imidazole rings is 2. The van der Waals surface area contributed by atoms with Crippen molar-refractivity contribution in [2.24, 2.45) is 0 Å². The average Bonchev–Trinajstić information content (AvgIpc) is 3.81. The van der Waals surface area contributed by atoms with Gasteiger partial charge in [-0.05, 0) is 5.92 Å². The van der Waals surface area contributed by atoms with Crippen molar-refractivity contribution in [2.75, 3.05) is 44.2 Å². The number of aliphatic hydroxyl groups excluding tert-OH is 4. The van der Waals surface area contributed by atoms with Gasteiger partial charge < -0.3 is 52.0 Å². The van der Waals surface area contributed by atoms with Gasteiger partial charge in [-0.3, -0.25) is 23.6 Å². The Morgan fingerprint density at radius 2 is 1.59 bits per heavy atom. The summed E-state index contributed by atoms with van der Waals surface area (Å²) in [4.78, 5) is 52.1. The van der Waals surface area contributed by atoms with Gasteiger partial charge in [0.15, 0.2) is 46.7 Å². The first-order valence-electron chi connectivity index (χ1n) is 15.3. The van der Waals surface area contributed by atoms with Crippen LogP contribution in [0.2, 0.25) is 0 Å². The lowest BCUT2D eigenvalue weighted by atomic mass is 10.1. The molecule has 3 aliphatic rings. The fourth-order valence-corrected chi connectivity index (χ4v) is 6.08. The first-order chi connectivity index (χ1) is 23.6. The Kier molecular flexibility index (Phi) is 8.67. The molecule has 0 radical (unpaired) electrons. The number of nitrogens with zero attached hydrogens (tertiary/aromatic N) is 9. The molecule has 4 aromatic rings. The third kappa shape index (κ3) is 6.06. The zero-order chi connectivity index (χ0) is 34.4. The highest BCUT2D eigenvalue weighted by Gasteiger charge is 2.46. The van der Waals surface area contributed by atoms with E-state index in [0.717, 1.165) is 0 Å². The maximum atomic E-state index is 13.0. The summed E-state index contributed by atoms with van der Waals surface area (Å²) in [6, 6.07) is 0. The molecule has 7 rings (SSSR count). The number of carbonyl (C=O) groups excluding carboxylic acids is 2. The Morgan fingerprint density at radius 3 is 2.39 bits per heavy atom. The molecule has 0 aromatic carbocycles. The SMILES string of the molecule is Nc1ncnc2c1ncn2[C@@H]1O[C@H](CN2CC#Cc3nc4c(N)ncnc4n3[C@@H]3O[C@H](CNC(=O)CCNC(=O)C2)[C@@H](O)[C@H]3O)[C@@H](O)[C@H]1O. The van der Waals surface area contributed by atoms with Crippen LogP contribution in [0.15, 0.2) is 19.0 Å². The molecule has 0 spiro atoms. The van der Waals surface area contributed by atoms with Crippen LogP contribution in [0.4, 0.5) is 11.6 Å². The van der Waals surface area contributed by atoms with E-state index in [1.807, 2.05) is 0 Å². The largest absolute Gasteiger partial charge is 0.387 e. The van der Waals surface area contributed by atoms with E-state index in [2.05, 4.69) is 52.4 Å². The Labute approximate surface area is 276 Å². The number of nitrogen functional groups attached to an aromatic ring is 2. The van der Waals surface area contributed by atoms with E-state index in [0.29, 0.717) is 11.2 Å². The molecule has 49 heavy (non-hydrogen) atoms. The van der Waals surface area contributed by atoms with Crippen LogP contribution < -0.4 is 22.1 Å². The number of ether oxygens (including phenoxy) is 2. The highest BCUT2D eigenvalue weighted by molar-refractivity contribution is 5.83. The molecule has 10 N–H and O–H groups in total. The number of amides is 2. The van der Waals surface area contributed by atoms with Crippen LogP contribution in [0.3, 0.4) is 0 Å². The summed E-state index contributed by atoms with van der Waals surface area (Å²) in [6.45, 7) is -0.453.